The number of amides is 1. The molecule has 1 aromatic carbocycles. The quantitative estimate of drug-likeness (QED) is 0.571. The highest BCUT2D eigenvalue weighted by molar-refractivity contribution is 7.99. The van der Waals surface area contributed by atoms with E-state index in [4.69, 9.17) is 4.74 Å². The molecule has 2 unspecified atom stereocenters. The van der Waals surface area contributed by atoms with Gasteiger partial charge < -0.3 is 10.1 Å². The molecule has 2 rings (SSSR count). The molecule has 1 aromatic heterocycles. The minimum Gasteiger partial charge on any atom is -0.467 e. The maximum absolute atomic E-state index is 12.2. The highest BCUT2D eigenvalue weighted by atomic mass is 32.2. The van der Waals surface area contributed by atoms with Crippen LogP contribution in [0.3, 0.4) is 0 Å². The molecule has 0 aliphatic carbocycles. The lowest BCUT2D eigenvalue weighted by molar-refractivity contribution is -0.146. The van der Waals surface area contributed by atoms with Crippen molar-refractivity contribution in [3.63, 3.8) is 0 Å². The van der Waals surface area contributed by atoms with Gasteiger partial charge in [0.15, 0.2) is 5.16 Å². The second-order valence-electron chi connectivity index (χ2n) is 5.56. The molecule has 8 heteroatoms. The maximum atomic E-state index is 12.2. The van der Waals surface area contributed by atoms with Crippen molar-refractivity contribution < 1.29 is 14.3 Å². The van der Waals surface area contributed by atoms with E-state index < -0.39 is 12.0 Å². The van der Waals surface area contributed by atoms with Crippen molar-refractivity contribution in [3.05, 3.63) is 36.7 Å². The van der Waals surface area contributed by atoms with E-state index in [-0.39, 0.29) is 17.6 Å². The molecular formula is C17H22N4O3S. The Morgan fingerprint density at radius 2 is 2.04 bits per heavy atom. The second-order valence-corrected chi connectivity index (χ2v) is 6.50. The van der Waals surface area contributed by atoms with Crippen LogP contribution in [0, 0.1) is 5.92 Å². The molecule has 134 valence electrons. The van der Waals surface area contributed by atoms with Crippen LogP contribution in [0.1, 0.15) is 20.3 Å². The Bertz CT molecular complexity index is 705. The molecule has 0 radical (unpaired) electrons. The highest BCUT2D eigenvalue weighted by Gasteiger charge is 2.26. The van der Waals surface area contributed by atoms with Gasteiger partial charge in [0.2, 0.25) is 5.91 Å². The van der Waals surface area contributed by atoms with Gasteiger partial charge in [-0.05, 0) is 18.1 Å². The number of ether oxygens (including phenoxy) is 1. The van der Waals surface area contributed by atoms with Crippen LogP contribution in [0.5, 0.6) is 0 Å². The third-order valence-corrected chi connectivity index (χ3v) is 4.81. The van der Waals surface area contributed by atoms with E-state index in [1.165, 1.54) is 18.9 Å². The fourth-order valence-electron chi connectivity index (χ4n) is 2.23. The van der Waals surface area contributed by atoms with E-state index in [2.05, 4.69) is 15.5 Å². The van der Waals surface area contributed by atoms with E-state index in [0.29, 0.717) is 5.16 Å². The first kappa shape index (κ1) is 19.0. The molecule has 0 aliphatic heterocycles. The van der Waals surface area contributed by atoms with Gasteiger partial charge in [0.05, 0.1) is 12.9 Å². The maximum Gasteiger partial charge on any atom is 0.328 e. The Labute approximate surface area is 151 Å². The van der Waals surface area contributed by atoms with Gasteiger partial charge in [0, 0.05) is 5.69 Å². The van der Waals surface area contributed by atoms with Gasteiger partial charge in [-0.3, -0.25) is 9.36 Å². The number of para-hydroxylation sites is 1. The highest BCUT2D eigenvalue weighted by Crippen LogP contribution is 2.19. The van der Waals surface area contributed by atoms with Crippen molar-refractivity contribution in [2.24, 2.45) is 5.92 Å². The number of hydrogen-bond donors (Lipinski definition) is 1. The Morgan fingerprint density at radius 1 is 1.32 bits per heavy atom. The first-order chi connectivity index (χ1) is 12.1. The van der Waals surface area contributed by atoms with Gasteiger partial charge in [-0.2, -0.15) is 0 Å². The Balaban J connectivity index is 1.99. The fourth-order valence-corrected chi connectivity index (χ4v) is 2.97. The van der Waals surface area contributed by atoms with Crippen molar-refractivity contribution in [1.29, 1.82) is 0 Å². The summed E-state index contributed by atoms with van der Waals surface area (Å²) < 4.78 is 6.59. The van der Waals surface area contributed by atoms with Crippen molar-refractivity contribution in [1.82, 2.24) is 20.1 Å². The first-order valence-electron chi connectivity index (χ1n) is 8.02. The number of thioether (sulfide) groups is 1. The Morgan fingerprint density at radius 3 is 2.68 bits per heavy atom. The SMILES string of the molecule is CCC(C)C(NC(=O)CSc1nncn1-c1ccccc1)C(=O)OC. The summed E-state index contributed by atoms with van der Waals surface area (Å²) in [5.74, 6) is -0.548. The van der Waals surface area contributed by atoms with E-state index in [1.54, 1.807) is 6.33 Å². The van der Waals surface area contributed by atoms with Crippen LogP contribution in [0.15, 0.2) is 41.8 Å². The van der Waals surface area contributed by atoms with Gasteiger partial charge in [0.25, 0.3) is 0 Å². The Hall–Kier alpha value is -2.35. The van der Waals surface area contributed by atoms with Crippen LogP contribution in [-0.2, 0) is 14.3 Å². The summed E-state index contributed by atoms with van der Waals surface area (Å²) in [6.07, 6.45) is 2.36. The van der Waals surface area contributed by atoms with Crippen LogP contribution in [0.2, 0.25) is 0 Å². The minimum atomic E-state index is -0.643. The van der Waals surface area contributed by atoms with Gasteiger partial charge in [-0.25, -0.2) is 4.79 Å². The number of hydrogen-bond acceptors (Lipinski definition) is 6. The number of benzene rings is 1. The van der Waals surface area contributed by atoms with Crippen LogP contribution in [-0.4, -0.2) is 45.5 Å². The van der Waals surface area contributed by atoms with E-state index >= 15 is 0 Å². The number of rotatable bonds is 8. The predicted octanol–water partition coefficient (Wildman–Crippen LogP) is 2.06. The zero-order chi connectivity index (χ0) is 18.2. The zero-order valence-electron chi connectivity index (χ0n) is 14.5. The second kappa shape index (κ2) is 9.22. The smallest absolute Gasteiger partial charge is 0.328 e. The van der Waals surface area contributed by atoms with E-state index in [9.17, 15) is 9.59 Å². The number of carbonyl (C=O) groups excluding carboxylic acids is 2. The summed E-state index contributed by atoms with van der Waals surface area (Å²) in [6.45, 7) is 3.87. The molecule has 1 heterocycles. The van der Waals surface area contributed by atoms with Gasteiger partial charge in [0.1, 0.15) is 12.4 Å². The number of nitrogens with one attached hydrogen (secondary N) is 1. The molecule has 0 fully saturated rings. The monoisotopic (exact) mass is 362 g/mol. The van der Waals surface area contributed by atoms with Crippen molar-refractivity contribution >= 4 is 23.6 Å². The van der Waals surface area contributed by atoms with Gasteiger partial charge in [-0.15, -0.1) is 10.2 Å². The molecule has 0 aliphatic rings. The lowest BCUT2D eigenvalue weighted by Gasteiger charge is -2.21. The number of esters is 1. The average molecular weight is 362 g/mol. The number of nitrogens with zero attached hydrogens (tertiary/aromatic N) is 3. The molecule has 25 heavy (non-hydrogen) atoms. The molecule has 1 N–H and O–H groups in total. The van der Waals surface area contributed by atoms with Crippen LogP contribution in [0.25, 0.3) is 5.69 Å². The minimum absolute atomic E-state index is 0.00521. The molecular weight excluding hydrogens is 340 g/mol. The topological polar surface area (TPSA) is 86.1 Å². The largest absolute Gasteiger partial charge is 0.467 e. The summed E-state index contributed by atoms with van der Waals surface area (Å²) in [4.78, 5) is 24.1. The fraction of sp³-hybridized carbons (Fsp3) is 0.412. The molecule has 2 aromatic rings. The summed E-state index contributed by atoms with van der Waals surface area (Å²) in [5.41, 5.74) is 0.919. The summed E-state index contributed by atoms with van der Waals surface area (Å²) in [5, 5.41) is 11.3. The normalized spacial score (nSPS) is 13.1. The molecule has 7 nitrogen and oxygen atoms in total. The van der Waals surface area contributed by atoms with Crippen LogP contribution in [0.4, 0.5) is 0 Å². The third kappa shape index (κ3) is 5.06. The predicted molar refractivity (Wildman–Crippen MR) is 95.5 cm³/mol. The number of methoxy groups -OCH3 is 1. The first-order valence-corrected chi connectivity index (χ1v) is 9.00. The summed E-state index contributed by atoms with van der Waals surface area (Å²) >= 11 is 1.26. The van der Waals surface area contributed by atoms with Crippen molar-refractivity contribution in [2.45, 2.75) is 31.5 Å². The van der Waals surface area contributed by atoms with E-state index in [0.717, 1.165) is 12.1 Å². The molecule has 0 spiro atoms. The Kier molecular flexibility index (Phi) is 7.00. The summed E-state index contributed by atoms with van der Waals surface area (Å²) in [7, 11) is 1.32. The lowest BCUT2D eigenvalue weighted by Crippen LogP contribution is -2.46. The van der Waals surface area contributed by atoms with Gasteiger partial charge in [-0.1, -0.05) is 50.2 Å². The van der Waals surface area contributed by atoms with E-state index in [1.807, 2.05) is 48.7 Å². The third-order valence-electron chi connectivity index (χ3n) is 3.87. The van der Waals surface area contributed by atoms with Crippen molar-refractivity contribution in [3.8, 4) is 5.69 Å². The molecule has 2 atom stereocenters. The average Bonchev–Trinajstić information content (AvgIpc) is 3.12. The molecule has 0 bridgehead atoms. The van der Waals surface area contributed by atoms with Crippen LogP contribution >= 0.6 is 11.8 Å². The van der Waals surface area contributed by atoms with Gasteiger partial charge >= 0.3 is 5.97 Å². The zero-order valence-corrected chi connectivity index (χ0v) is 15.3. The van der Waals surface area contributed by atoms with Crippen LogP contribution < -0.4 is 5.32 Å². The standard InChI is InChI=1S/C17H22N4O3S/c1-4-12(2)15(16(23)24-3)19-14(22)10-25-17-20-18-11-21(17)13-8-6-5-7-9-13/h5-9,11-12,15H,4,10H2,1-3H3,(H,19,22). The lowest BCUT2D eigenvalue weighted by atomic mass is 9.99. The summed E-state index contributed by atoms with van der Waals surface area (Å²) in [6, 6.07) is 8.99. The number of carbonyl (C=O) groups is 2. The molecule has 0 saturated carbocycles. The molecule has 1 amide bonds. The number of aromatic nitrogens is 3. The molecule has 0 saturated heterocycles. The van der Waals surface area contributed by atoms with Crippen molar-refractivity contribution in [2.75, 3.05) is 12.9 Å².